The summed E-state index contributed by atoms with van der Waals surface area (Å²) in [6, 6.07) is 20.6. The molecule has 3 aliphatic heterocycles. The van der Waals surface area contributed by atoms with Crippen LogP contribution in [0, 0.1) is 0 Å². The molecule has 232 valence electrons. The molecule has 1 saturated carbocycles. The molecule has 2 amide bonds. The molecule has 2 saturated heterocycles. The monoisotopic (exact) mass is 595 g/mol. The minimum Gasteiger partial charge on any atom is -0.379 e. The van der Waals surface area contributed by atoms with E-state index in [1.165, 1.54) is 37.7 Å². The highest BCUT2D eigenvalue weighted by Gasteiger charge is 2.32. The third-order valence-electron chi connectivity index (χ3n) is 10.2. The number of carbonyl (C=O) groups is 2. The highest BCUT2D eigenvalue weighted by atomic mass is 16.5. The van der Waals surface area contributed by atoms with Gasteiger partial charge in [-0.3, -0.25) is 14.5 Å². The molecule has 44 heavy (non-hydrogen) atoms. The molecule has 1 aliphatic carbocycles. The summed E-state index contributed by atoms with van der Waals surface area (Å²) in [7, 11) is 0. The fraction of sp³-hybridized carbons (Fsp3) is 0.500. The van der Waals surface area contributed by atoms with Crippen LogP contribution in [0.2, 0.25) is 0 Å². The van der Waals surface area contributed by atoms with Crippen LogP contribution in [0.15, 0.2) is 60.7 Å². The van der Waals surface area contributed by atoms with Crippen LogP contribution in [0.3, 0.4) is 0 Å². The number of ether oxygens (including phenoxy) is 1. The lowest BCUT2D eigenvalue weighted by Crippen LogP contribution is -2.55. The number of rotatable bonds is 6. The van der Waals surface area contributed by atoms with E-state index in [-0.39, 0.29) is 17.9 Å². The Bertz CT molecular complexity index is 1450. The van der Waals surface area contributed by atoms with Gasteiger partial charge in [-0.2, -0.15) is 0 Å². The highest BCUT2D eigenvalue weighted by Crippen LogP contribution is 2.34. The van der Waals surface area contributed by atoms with Crippen LogP contribution < -0.4 is 10.2 Å². The van der Waals surface area contributed by atoms with Gasteiger partial charge in [-0.1, -0.05) is 49.6 Å². The molecule has 1 unspecified atom stereocenters. The zero-order chi connectivity index (χ0) is 29.9. The Kier molecular flexibility index (Phi) is 8.82. The topological polar surface area (TPSA) is 70.1 Å². The average molecular weight is 596 g/mol. The zero-order valence-electron chi connectivity index (χ0n) is 25.8. The lowest BCUT2D eigenvalue weighted by Gasteiger charge is -2.38. The van der Waals surface area contributed by atoms with Crippen molar-refractivity contribution in [1.82, 2.24) is 19.7 Å². The third kappa shape index (κ3) is 6.08. The van der Waals surface area contributed by atoms with Gasteiger partial charge in [0.25, 0.3) is 11.8 Å². The first kappa shape index (κ1) is 29.3. The van der Waals surface area contributed by atoms with E-state index in [1.54, 1.807) is 0 Å². The second kappa shape index (κ2) is 13.3. The molecule has 1 atom stereocenters. The number of aromatic nitrogens is 1. The Labute approximate surface area is 261 Å². The van der Waals surface area contributed by atoms with Gasteiger partial charge in [0.15, 0.2) is 0 Å². The molecule has 0 radical (unpaired) electrons. The van der Waals surface area contributed by atoms with E-state index in [1.807, 2.05) is 47.4 Å². The lowest BCUT2D eigenvalue weighted by atomic mass is 9.84. The third-order valence-corrected chi connectivity index (χ3v) is 10.2. The molecular weight excluding hydrogens is 550 g/mol. The summed E-state index contributed by atoms with van der Waals surface area (Å²) in [6.45, 7) is 7.77. The summed E-state index contributed by atoms with van der Waals surface area (Å²) < 4.78 is 7.66. The standard InChI is InChI=1S/C36H45N5O3/c42-35(29-12-10-28(11-13-29)27-6-2-1-3-7-27)41-26-32-14-15-34(40(32)25-30-8-4-5-9-33(30)41)36(43)39-19-17-37-24-31(39)16-18-38-20-22-44-23-21-38/h4-5,8-15,27,31,37H,1-3,6-7,16-26H2. The second-order valence-electron chi connectivity index (χ2n) is 12.9. The molecule has 8 heteroatoms. The largest absolute Gasteiger partial charge is 0.379 e. The van der Waals surface area contributed by atoms with Crippen molar-refractivity contribution < 1.29 is 14.3 Å². The van der Waals surface area contributed by atoms with Gasteiger partial charge in [-0.05, 0) is 66.6 Å². The number of amides is 2. The van der Waals surface area contributed by atoms with Gasteiger partial charge >= 0.3 is 0 Å². The molecule has 4 heterocycles. The van der Waals surface area contributed by atoms with Crippen molar-refractivity contribution >= 4 is 17.5 Å². The van der Waals surface area contributed by atoms with Crippen LogP contribution in [0.25, 0.3) is 0 Å². The van der Waals surface area contributed by atoms with Gasteiger partial charge in [0.2, 0.25) is 0 Å². The molecule has 2 aromatic carbocycles. The van der Waals surface area contributed by atoms with Crippen molar-refractivity contribution in [3.8, 4) is 0 Å². The van der Waals surface area contributed by atoms with Gasteiger partial charge in [0.05, 0.1) is 26.3 Å². The molecule has 0 bridgehead atoms. The van der Waals surface area contributed by atoms with Crippen LogP contribution in [0.5, 0.6) is 0 Å². The molecule has 8 nitrogen and oxygen atoms in total. The van der Waals surface area contributed by atoms with E-state index in [0.717, 1.165) is 69.3 Å². The molecule has 7 rings (SSSR count). The molecule has 1 N–H and O–H groups in total. The van der Waals surface area contributed by atoms with Crippen LogP contribution in [0.4, 0.5) is 5.69 Å². The smallest absolute Gasteiger partial charge is 0.270 e. The second-order valence-corrected chi connectivity index (χ2v) is 12.9. The summed E-state index contributed by atoms with van der Waals surface area (Å²) in [5.74, 6) is 0.696. The van der Waals surface area contributed by atoms with Crippen LogP contribution in [0.1, 0.15) is 82.1 Å². The number of morpholine rings is 1. The number of anilines is 1. The Morgan fingerprint density at radius 1 is 0.841 bits per heavy atom. The normalized spacial score (nSPS) is 21.4. The molecular formula is C36H45N5O3. The maximum Gasteiger partial charge on any atom is 0.270 e. The van der Waals surface area contributed by atoms with Gasteiger partial charge in [-0.25, -0.2) is 0 Å². The van der Waals surface area contributed by atoms with Crippen LogP contribution in [-0.4, -0.2) is 84.7 Å². The van der Waals surface area contributed by atoms with Gasteiger partial charge in [0.1, 0.15) is 5.69 Å². The Hall–Kier alpha value is -3.46. The van der Waals surface area contributed by atoms with Crippen LogP contribution >= 0.6 is 0 Å². The maximum atomic E-state index is 14.2. The highest BCUT2D eigenvalue weighted by molar-refractivity contribution is 6.06. The summed E-state index contributed by atoms with van der Waals surface area (Å²) in [5, 5.41) is 3.51. The molecule has 3 fully saturated rings. The number of hydrogen-bond donors (Lipinski definition) is 1. The fourth-order valence-electron chi connectivity index (χ4n) is 7.61. The molecule has 0 spiro atoms. The molecule has 3 aromatic rings. The van der Waals surface area contributed by atoms with Crippen molar-refractivity contribution in [2.24, 2.45) is 0 Å². The molecule has 4 aliphatic rings. The maximum absolute atomic E-state index is 14.2. The van der Waals surface area contributed by atoms with Gasteiger partial charge < -0.3 is 24.4 Å². The average Bonchev–Trinajstić information content (AvgIpc) is 3.40. The minimum atomic E-state index is 0.000419. The zero-order valence-corrected chi connectivity index (χ0v) is 25.8. The first-order valence-corrected chi connectivity index (χ1v) is 16.7. The quantitative estimate of drug-likeness (QED) is 0.440. The number of fused-ring (bicyclic) bond motifs is 2. The Morgan fingerprint density at radius 3 is 2.45 bits per heavy atom. The van der Waals surface area contributed by atoms with Crippen molar-refractivity contribution in [2.75, 3.05) is 57.4 Å². The summed E-state index contributed by atoms with van der Waals surface area (Å²) in [6.07, 6.45) is 7.35. The van der Waals surface area contributed by atoms with Crippen molar-refractivity contribution in [2.45, 2.75) is 63.6 Å². The number of benzene rings is 2. The van der Waals surface area contributed by atoms with Crippen molar-refractivity contribution in [3.63, 3.8) is 0 Å². The van der Waals surface area contributed by atoms with Crippen molar-refractivity contribution in [3.05, 3.63) is 88.7 Å². The van der Waals surface area contributed by atoms with Crippen molar-refractivity contribution in [1.29, 1.82) is 0 Å². The predicted molar refractivity (Wildman–Crippen MR) is 172 cm³/mol. The van der Waals surface area contributed by atoms with E-state index in [4.69, 9.17) is 4.74 Å². The number of carbonyl (C=O) groups excluding carboxylic acids is 2. The number of piperazine rings is 1. The van der Waals surface area contributed by atoms with Gasteiger partial charge in [0, 0.05) is 62.3 Å². The SMILES string of the molecule is O=C(c1ccc(C2CCCCC2)cc1)N1Cc2ccc(C(=O)N3CCNCC3CCN3CCOCC3)n2Cc2ccccc21. The summed E-state index contributed by atoms with van der Waals surface area (Å²) in [4.78, 5) is 34.7. The van der Waals surface area contributed by atoms with E-state index in [9.17, 15) is 9.59 Å². The molecule has 1 aromatic heterocycles. The summed E-state index contributed by atoms with van der Waals surface area (Å²) >= 11 is 0. The van der Waals surface area contributed by atoms with Crippen LogP contribution in [-0.2, 0) is 17.8 Å². The van der Waals surface area contributed by atoms with E-state index in [2.05, 4.69) is 37.9 Å². The first-order chi connectivity index (χ1) is 21.7. The number of para-hydroxylation sites is 1. The minimum absolute atomic E-state index is 0.000419. The fourth-order valence-corrected chi connectivity index (χ4v) is 7.61. The number of nitrogens with zero attached hydrogens (tertiary/aromatic N) is 4. The number of hydrogen-bond acceptors (Lipinski definition) is 5. The van der Waals surface area contributed by atoms with E-state index < -0.39 is 0 Å². The van der Waals surface area contributed by atoms with E-state index in [0.29, 0.717) is 36.8 Å². The van der Waals surface area contributed by atoms with Gasteiger partial charge in [-0.15, -0.1) is 0 Å². The predicted octanol–water partition coefficient (Wildman–Crippen LogP) is 4.88. The lowest BCUT2D eigenvalue weighted by molar-refractivity contribution is 0.0304. The summed E-state index contributed by atoms with van der Waals surface area (Å²) in [5.41, 5.74) is 5.72. The Balaban J connectivity index is 1.12. The van der Waals surface area contributed by atoms with E-state index >= 15 is 0 Å². The number of nitrogens with one attached hydrogen (secondary N) is 1. The first-order valence-electron chi connectivity index (χ1n) is 16.7. The Morgan fingerprint density at radius 2 is 1.64 bits per heavy atom.